The van der Waals surface area contributed by atoms with Gasteiger partial charge in [-0.15, -0.1) is 0 Å². The minimum absolute atomic E-state index is 0.0330. The number of aromatic nitrogens is 2. The molecule has 0 radical (unpaired) electrons. The van der Waals surface area contributed by atoms with Gasteiger partial charge in [-0.2, -0.15) is 9.78 Å². The molecule has 4 rings (SSSR count). The van der Waals surface area contributed by atoms with Crippen LogP contribution in [0.3, 0.4) is 0 Å². The van der Waals surface area contributed by atoms with E-state index in [0.29, 0.717) is 56.9 Å². The van der Waals surface area contributed by atoms with Crippen molar-refractivity contribution in [2.75, 3.05) is 37.6 Å². The van der Waals surface area contributed by atoms with Gasteiger partial charge in [-0.1, -0.05) is 29.8 Å². The highest BCUT2D eigenvalue weighted by molar-refractivity contribution is 6.33. The van der Waals surface area contributed by atoms with E-state index in [9.17, 15) is 14.4 Å². The van der Waals surface area contributed by atoms with Gasteiger partial charge in [0.1, 0.15) is 5.02 Å². The molecular formula is C23H24ClN5O4. The molecule has 0 spiro atoms. The molecule has 1 aromatic carbocycles. The molecule has 1 saturated heterocycles. The zero-order valence-corrected chi connectivity index (χ0v) is 18.7. The quantitative estimate of drug-likeness (QED) is 0.533. The van der Waals surface area contributed by atoms with Crippen molar-refractivity contribution in [3.8, 4) is 5.69 Å². The van der Waals surface area contributed by atoms with Crippen molar-refractivity contribution >= 4 is 29.1 Å². The lowest BCUT2D eigenvalue weighted by Gasteiger charge is -2.36. The van der Waals surface area contributed by atoms with Crippen LogP contribution < -0.4 is 15.8 Å². The minimum Gasteiger partial charge on any atom is -0.459 e. The zero-order chi connectivity index (χ0) is 23.2. The molecule has 0 unspecified atom stereocenters. The SMILES string of the molecule is O=C(NCCCC(=O)N1CCN(c2cnn(-c3ccccc3)c(=O)c2Cl)CC1)c1ccco1. The van der Waals surface area contributed by atoms with E-state index in [-0.39, 0.29) is 28.2 Å². The second-order valence-corrected chi connectivity index (χ2v) is 7.98. The Bertz CT molecular complexity index is 1160. The summed E-state index contributed by atoms with van der Waals surface area (Å²) in [5.41, 5.74) is 0.837. The third-order valence-corrected chi connectivity index (χ3v) is 5.83. The molecule has 2 aromatic heterocycles. The van der Waals surface area contributed by atoms with Crippen molar-refractivity contribution in [3.63, 3.8) is 0 Å². The van der Waals surface area contributed by atoms with E-state index in [1.54, 1.807) is 35.4 Å². The highest BCUT2D eigenvalue weighted by Gasteiger charge is 2.24. The van der Waals surface area contributed by atoms with Crippen LogP contribution in [0, 0.1) is 0 Å². The number of hydrogen-bond acceptors (Lipinski definition) is 6. The van der Waals surface area contributed by atoms with E-state index in [2.05, 4.69) is 10.4 Å². The second kappa shape index (κ2) is 10.4. The summed E-state index contributed by atoms with van der Waals surface area (Å²) in [5.74, 6) is -0.00612. The highest BCUT2D eigenvalue weighted by atomic mass is 35.5. The number of amides is 2. The van der Waals surface area contributed by atoms with E-state index >= 15 is 0 Å². The van der Waals surface area contributed by atoms with Crippen LogP contribution in [0.4, 0.5) is 5.69 Å². The number of carbonyl (C=O) groups is 2. The number of piperazine rings is 1. The molecular weight excluding hydrogens is 446 g/mol. The van der Waals surface area contributed by atoms with Crippen molar-refractivity contribution in [1.82, 2.24) is 20.0 Å². The van der Waals surface area contributed by atoms with Crippen LogP contribution >= 0.6 is 11.6 Å². The Labute approximate surface area is 195 Å². The maximum absolute atomic E-state index is 12.7. The number of nitrogens with zero attached hydrogens (tertiary/aromatic N) is 4. The van der Waals surface area contributed by atoms with E-state index in [4.69, 9.17) is 16.0 Å². The third kappa shape index (κ3) is 5.25. The highest BCUT2D eigenvalue weighted by Crippen LogP contribution is 2.23. The van der Waals surface area contributed by atoms with Gasteiger partial charge in [-0.25, -0.2) is 0 Å². The lowest BCUT2D eigenvalue weighted by atomic mass is 10.2. The summed E-state index contributed by atoms with van der Waals surface area (Å²) in [5, 5.41) is 7.12. The van der Waals surface area contributed by atoms with Gasteiger partial charge in [-0.3, -0.25) is 14.4 Å². The van der Waals surface area contributed by atoms with Crippen LogP contribution in [0.25, 0.3) is 5.69 Å². The van der Waals surface area contributed by atoms with Crippen LogP contribution in [0.5, 0.6) is 0 Å². The van der Waals surface area contributed by atoms with E-state index in [1.807, 2.05) is 23.1 Å². The first-order valence-corrected chi connectivity index (χ1v) is 11.1. The summed E-state index contributed by atoms with van der Waals surface area (Å²) in [6.07, 6.45) is 3.92. The molecule has 172 valence electrons. The molecule has 1 N–H and O–H groups in total. The lowest BCUT2D eigenvalue weighted by molar-refractivity contribution is -0.131. The number of para-hydroxylation sites is 1. The molecule has 1 aliphatic heterocycles. The normalized spacial score (nSPS) is 13.7. The summed E-state index contributed by atoms with van der Waals surface area (Å²) < 4.78 is 6.31. The van der Waals surface area contributed by atoms with Crippen molar-refractivity contribution < 1.29 is 14.0 Å². The molecule has 33 heavy (non-hydrogen) atoms. The van der Waals surface area contributed by atoms with Crippen molar-refractivity contribution in [3.05, 3.63) is 76.1 Å². The Kier molecular flexibility index (Phi) is 7.09. The van der Waals surface area contributed by atoms with Crippen molar-refractivity contribution in [2.24, 2.45) is 0 Å². The van der Waals surface area contributed by atoms with Gasteiger partial charge < -0.3 is 19.5 Å². The predicted molar refractivity (Wildman–Crippen MR) is 124 cm³/mol. The predicted octanol–water partition coefficient (Wildman–Crippen LogP) is 2.34. The zero-order valence-electron chi connectivity index (χ0n) is 17.9. The van der Waals surface area contributed by atoms with Gasteiger partial charge in [0, 0.05) is 39.1 Å². The van der Waals surface area contributed by atoms with Gasteiger partial charge >= 0.3 is 0 Å². The number of carbonyl (C=O) groups excluding carboxylic acids is 2. The van der Waals surface area contributed by atoms with Crippen LogP contribution in [-0.4, -0.2) is 59.2 Å². The summed E-state index contributed by atoms with van der Waals surface area (Å²) >= 11 is 6.39. The molecule has 1 fully saturated rings. The average Bonchev–Trinajstić information content (AvgIpc) is 3.39. The molecule has 0 atom stereocenters. The molecule has 3 aromatic rings. The van der Waals surface area contributed by atoms with Crippen LogP contribution in [0.2, 0.25) is 5.02 Å². The third-order valence-electron chi connectivity index (χ3n) is 5.47. The number of hydrogen-bond donors (Lipinski definition) is 1. The van der Waals surface area contributed by atoms with Gasteiger partial charge in [-0.05, 0) is 30.7 Å². The van der Waals surface area contributed by atoms with Crippen LogP contribution in [-0.2, 0) is 4.79 Å². The fourth-order valence-corrected chi connectivity index (χ4v) is 3.94. The average molecular weight is 470 g/mol. The van der Waals surface area contributed by atoms with Gasteiger partial charge in [0.25, 0.3) is 11.5 Å². The van der Waals surface area contributed by atoms with Crippen LogP contribution in [0.1, 0.15) is 23.4 Å². The molecule has 0 saturated carbocycles. The van der Waals surface area contributed by atoms with Gasteiger partial charge in [0.15, 0.2) is 5.76 Å². The Morgan fingerprint density at radius 2 is 1.82 bits per heavy atom. The number of furan rings is 1. The maximum Gasteiger partial charge on any atom is 0.292 e. The fraction of sp³-hybridized carbons (Fsp3) is 0.304. The Balaban J connectivity index is 1.27. The van der Waals surface area contributed by atoms with E-state index in [1.165, 1.54) is 10.9 Å². The Morgan fingerprint density at radius 3 is 2.52 bits per heavy atom. The fourth-order valence-electron chi connectivity index (χ4n) is 3.69. The molecule has 2 amide bonds. The molecule has 0 aliphatic carbocycles. The maximum atomic E-state index is 12.7. The summed E-state index contributed by atoms with van der Waals surface area (Å²) in [6, 6.07) is 12.3. The first-order chi connectivity index (χ1) is 16.0. The standard InChI is InChI=1S/C23H24ClN5O4/c24-21-18(16-26-29(23(21)32)17-6-2-1-3-7-17)27-11-13-28(14-12-27)20(30)9-4-10-25-22(31)19-8-5-15-33-19/h1-3,5-8,15-16H,4,9-14H2,(H,25,31). The lowest BCUT2D eigenvalue weighted by Crippen LogP contribution is -2.49. The number of benzene rings is 1. The number of nitrogens with one attached hydrogen (secondary N) is 1. The van der Waals surface area contributed by atoms with Gasteiger partial charge in [0.05, 0.1) is 23.8 Å². The molecule has 9 nitrogen and oxygen atoms in total. The van der Waals surface area contributed by atoms with E-state index < -0.39 is 0 Å². The molecule has 0 bridgehead atoms. The monoisotopic (exact) mass is 469 g/mol. The summed E-state index contributed by atoms with van der Waals surface area (Å²) in [4.78, 5) is 40.8. The van der Waals surface area contributed by atoms with Gasteiger partial charge in [0.2, 0.25) is 5.91 Å². The summed E-state index contributed by atoms with van der Waals surface area (Å²) in [7, 11) is 0. The van der Waals surface area contributed by atoms with E-state index in [0.717, 1.165) is 0 Å². The largest absolute Gasteiger partial charge is 0.459 e. The first kappa shape index (κ1) is 22.6. The smallest absolute Gasteiger partial charge is 0.292 e. The molecule has 3 heterocycles. The Morgan fingerprint density at radius 1 is 1.06 bits per heavy atom. The van der Waals surface area contributed by atoms with Crippen molar-refractivity contribution in [2.45, 2.75) is 12.8 Å². The minimum atomic E-state index is -0.379. The number of rotatable bonds is 7. The Hall–Kier alpha value is -3.59. The second-order valence-electron chi connectivity index (χ2n) is 7.60. The first-order valence-electron chi connectivity index (χ1n) is 10.7. The summed E-state index contributed by atoms with van der Waals surface area (Å²) in [6.45, 7) is 2.55. The number of anilines is 1. The molecule has 10 heteroatoms. The number of halogens is 1. The van der Waals surface area contributed by atoms with Crippen molar-refractivity contribution in [1.29, 1.82) is 0 Å². The topological polar surface area (TPSA) is 101 Å². The van der Waals surface area contributed by atoms with Crippen LogP contribution in [0.15, 0.2) is 64.1 Å². The molecule has 1 aliphatic rings.